The number of carbonyl (C=O) groups is 1. The maximum Gasteiger partial charge on any atom is 0.264 e. The molecule has 2 heterocycles. The van der Waals surface area contributed by atoms with Crippen LogP contribution >= 0.6 is 0 Å². The summed E-state index contributed by atoms with van der Waals surface area (Å²) in [5, 5.41) is 0.754. The molecular weight excluding hydrogens is 520 g/mol. The van der Waals surface area contributed by atoms with E-state index in [0.29, 0.717) is 29.9 Å². The van der Waals surface area contributed by atoms with E-state index < -0.39 is 10.0 Å². The molecule has 1 aliphatic heterocycles. The number of nitrogens with zero attached hydrogens (tertiary/aromatic N) is 3. The number of aromatic nitrogens is 1. The number of carbonyl (C=O) groups excluding carboxylic acids is 1. The number of sulfonamides is 1. The number of fused-ring (bicyclic) bond motifs is 1. The van der Waals surface area contributed by atoms with Gasteiger partial charge in [0.05, 0.1) is 5.52 Å². The lowest BCUT2D eigenvalue weighted by molar-refractivity contribution is 0.00562. The van der Waals surface area contributed by atoms with E-state index in [4.69, 9.17) is 0 Å². The van der Waals surface area contributed by atoms with Gasteiger partial charge in [0.15, 0.2) is 0 Å². The molecule has 206 valence electrons. The summed E-state index contributed by atoms with van der Waals surface area (Å²) in [6.07, 6.45) is 7.67. The van der Waals surface area contributed by atoms with Crippen LogP contribution in [0.1, 0.15) is 48.0 Å². The zero-order valence-electron chi connectivity index (χ0n) is 22.5. The van der Waals surface area contributed by atoms with Crippen molar-refractivity contribution in [2.45, 2.75) is 42.5 Å². The van der Waals surface area contributed by atoms with Gasteiger partial charge < -0.3 is 4.90 Å². The van der Waals surface area contributed by atoms with Crippen molar-refractivity contribution in [3.05, 3.63) is 102 Å². The van der Waals surface area contributed by atoms with Crippen LogP contribution in [0.5, 0.6) is 0 Å². The number of rotatable bonds is 6. The van der Waals surface area contributed by atoms with Crippen molar-refractivity contribution < 1.29 is 13.2 Å². The average molecular weight is 555 g/mol. The van der Waals surface area contributed by atoms with Crippen LogP contribution < -0.4 is 4.72 Å². The van der Waals surface area contributed by atoms with E-state index in [1.807, 2.05) is 17.0 Å². The van der Waals surface area contributed by atoms with Crippen molar-refractivity contribution in [3.8, 4) is 0 Å². The zero-order chi connectivity index (χ0) is 27.6. The lowest BCUT2D eigenvalue weighted by Crippen LogP contribution is -2.57. The minimum Gasteiger partial charge on any atom is -0.336 e. The molecule has 1 aliphatic carbocycles. The quantitative estimate of drug-likeness (QED) is 0.333. The first-order chi connectivity index (χ1) is 19.5. The summed E-state index contributed by atoms with van der Waals surface area (Å²) < 4.78 is 28.9. The molecule has 1 saturated carbocycles. The molecule has 0 spiro atoms. The van der Waals surface area contributed by atoms with E-state index in [-0.39, 0.29) is 16.3 Å². The van der Waals surface area contributed by atoms with Crippen LogP contribution in [0.25, 0.3) is 10.9 Å². The van der Waals surface area contributed by atoms with Gasteiger partial charge in [-0.25, -0.2) is 8.42 Å². The molecule has 0 radical (unpaired) electrons. The molecular formula is C32H34N4O3S. The summed E-state index contributed by atoms with van der Waals surface area (Å²) in [5.74, 6) is -0.0234. The molecule has 1 amide bonds. The fourth-order valence-electron chi connectivity index (χ4n) is 6.38. The van der Waals surface area contributed by atoms with Gasteiger partial charge >= 0.3 is 0 Å². The molecule has 2 fully saturated rings. The molecule has 0 unspecified atom stereocenters. The fraction of sp³-hybridized carbons (Fsp3) is 0.312. The molecule has 40 heavy (non-hydrogen) atoms. The van der Waals surface area contributed by atoms with Gasteiger partial charge in [0.2, 0.25) is 0 Å². The maximum atomic E-state index is 13.4. The van der Waals surface area contributed by atoms with Crippen molar-refractivity contribution >= 4 is 32.5 Å². The summed E-state index contributed by atoms with van der Waals surface area (Å²) in [6.45, 7) is 3.04. The Morgan fingerprint density at radius 1 is 0.775 bits per heavy atom. The largest absolute Gasteiger partial charge is 0.336 e. The van der Waals surface area contributed by atoms with Crippen molar-refractivity contribution in [3.63, 3.8) is 0 Å². The predicted molar refractivity (Wildman–Crippen MR) is 158 cm³/mol. The third-order valence-electron chi connectivity index (χ3n) is 8.43. The lowest BCUT2D eigenvalue weighted by atomic mass is 9.75. The third-order valence-corrected chi connectivity index (χ3v) is 9.85. The van der Waals surface area contributed by atoms with Crippen LogP contribution in [-0.2, 0) is 15.6 Å². The Morgan fingerprint density at radius 2 is 1.48 bits per heavy atom. The Hall–Kier alpha value is -3.75. The molecule has 1 aromatic heterocycles. The number of benzene rings is 3. The van der Waals surface area contributed by atoms with Gasteiger partial charge in [0.1, 0.15) is 4.90 Å². The van der Waals surface area contributed by atoms with Gasteiger partial charge in [-0.15, -0.1) is 0 Å². The zero-order valence-corrected chi connectivity index (χ0v) is 23.3. The van der Waals surface area contributed by atoms with Crippen molar-refractivity contribution in [2.75, 3.05) is 30.9 Å². The lowest BCUT2D eigenvalue weighted by Gasteiger charge is -2.50. The van der Waals surface area contributed by atoms with Gasteiger partial charge in [-0.2, -0.15) is 0 Å². The second-order valence-corrected chi connectivity index (χ2v) is 12.4. The first-order valence-electron chi connectivity index (χ1n) is 14.0. The van der Waals surface area contributed by atoms with Crippen LogP contribution in [0.2, 0.25) is 0 Å². The van der Waals surface area contributed by atoms with Crippen LogP contribution in [-0.4, -0.2) is 55.3 Å². The highest BCUT2D eigenvalue weighted by Gasteiger charge is 2.41. The number of pyridine rings is 1. The van der Waals surface area contributed by atoms with Crippen molar-refractivity contribution in [1.29, 1.82) is 0 Å². The smallest absolute Gasteiger partial charge is 0.264 e. The first kappa shape index (κ1) is 26.5. The molecule has 0 bridgehead atoms. The highest BCUT2D eigenvalue weighted by atomic mass is 32.2. The SMILES string of the molecule is O=C(c1ccc(NS(=O)(=O)c2cccc3cccnc23)cc1)N1CCN(C2(c3ccccc3)CCCCC2)CC1. The monoisotopic (exact) mass is 554 g/mol. The second kappa shape index (κ2) is 11.0. The second-order valence-electron chi connectivity index (χ2n) is 10.8. The molecule has 1 saturated heterocycles. The van der Waals surface area contributed by atoms with Gasteiger partial charge in [-0.1, -0.05) is 67.8 Å². The van der Waals surface area contributed by atoms with E-state index in [2.05, 4.69) is 44.9 Å². The number of para-hydroxylation sites is 1. The molecule has 6 rings (SSSR count). The summed E-state index contributed by atoms with van der Waals surface area (Å²) in [5.41, 5.74) is 2.83. The minimum atomic E-state index is -3.85. The highest BCUT2D eigenvalue weighted by molar-refractivity contribution is 7.93. The summed E-state index contributed by atoms with van der Waals surface area (Å²) >= 11 is 0. The van der Waals surface area contributed by atoms with E-state index in [9.17, 15) is 13.2 Å². The van der Waals surface area contributed by atoms with E-state index in [0.717, 1.165) is 31.3 Å². The van der Waals surface area contributed by atoms with Gasteiger partial charge in [0.25, 0.3) is 15.9 Å². The average Bonchev–Trinajstić information content (AvgIpc) is 3.01. The topological polar surface area (TPSA) is 82.6 Å². The van der Waals surface area contributed by atoms with Crippen LogP contribution in [0.3, 0.4) is 0 Å². The number of hydrogen-bond donors (Lipinski definition) is 1. The molecule has 3 aromatic carbocycles. The number of amides is 1. The Morgan fingerprint density at radius 3 is 2.20 bits per heavy atom. The Balaban J connectivity index is 1.12. The molecule has 4 aromatic rings. The van der Waals surface area contributed by atoms with Gasteiger partial charge in [-0.05, 0) is 54.8 Å². The number of piperazine rings is 1. The Labute approximate surface area is 235 Å². The third kappa shape index (κ3) is 5.09. The van der Waals surface area contributed by atoms with E-state index >= 15 is 0 Å². The normalized spacial score (nSPS) is 17.9. The standard InChI is InChI=1S/C32H34N4O3S/c37-31(35-21-23-36(24-22-35)32(18-5-2-6-19-32)27-11-3-1-4-12-27)26-14-16-28(17-15-26)34-40(38,39)29-13-7-9-25-10-8-20-33-30(25)29/h1,3-4,7-17,20,34H,2,5-6,18-19,21-24H2. The van der Waals surface area contributed by atoms with E-state index in [1.165, 1.54) is 24.8 Å². The van der Waals surface area contributed by atoms with Crippen LogP contribution in [0.4, 0.5) is 5.69 Å². The van der Waals surface area contributed by atoms with Crippen molar-refractivity contribution in [2.24, 2.45) is 0 Å². The van der Waals surface area contributed by atoms with Crippen molar-refractivity contribution in [1.82, 2.24) is 14.8 Å². The summed E-state index contributed by atoms with van der Waals surface area (Å²) in [6, 6.07) is 26.2. The maximum absolute atomic E-state index is 13.4. The molecule has 0 atom stereocenters. The van der Waals surface area contributed by atoms with Crippen LogP contribution in [0, 0.1) is 0 Å². The predicted octanol–water partition coefficient (Wildman–Crippen LogP) is 5.65. The van der Waals surface area contributed by atoms with E-state index in [1.54, 1.807) is 48.7 Å². The number of nitrogens with one attached hydrogen (secondary N) is 1. The van der Waals surface area contributed by atoms with Crippen LogP contribution in [0.15, 0.2) is 96.0 Å². The highest BCUT2D eigenvalue weighted by Crippen LogP contribution is 2.42. The fourth-order valence-corrected chi connectivity index (χ4v) is 7.62. The summed E-state index contributed by atoms with van der Waals surface area (Å²) in [4.78, 5) is 22.3. The Bertz CT molecular complexity index is 1590. The minimum absolute atomic E-state index is 0.0234. The van der Waals surface area contributed by atoms with Gasteiger partial charge in [-0.3, -0.25) is 19.4 Å². The molecule has 7 nitrogen and oxygen atoms in total. The number of anilines is 1. The first-order valence-corrected chi connectivity index (χ1v) is 15.5. The summed E-state index contributed by atoms with van der Waals surface area (Å²) in [7, 11) is -3.85. The molecule has 1 N–H and O–H groups in total. The molecule has 8 heteroatoms. The Kier molecular flexibility index (Phi) is 7.29. The number of hydrogen-bond acceptors (Lipinski definition) is 5. The van der Waals surface area contributed by atoms with Gasteiger partial charge in [0, 0.05) is 54.6 Å². The molecule has 2 aliphatic rings.